The minimum absolute atomic E-state index is 0.0371. The number of anilines is 1. The van der Waals surface area contributed by atoms with Crippen LogP contribution in [-0.2, 0) is 21.2 Å². The summed E-state index contributed by atoms with van der Waals surface area (Å²) in [6.07, 6.45) is 0.139. The quantitative estimate of drug-likeness (QED) is 0.416. The Bertz CT molecular complexity index is 1230. The number of ether oxygens (including phenoxy) is 1. The van der Waals surface area contributed by atoms with E-state index in [-0.39, 0.29) is 21.4 Å². The van der Waals surface area contributed by atoms with E-state index in [1.807, 2.05) is 37.3 Å². The molecule has 1 unspecified atom stereocenters. The summed E-state index contributed by atoms with van der Waals surface area (Å²) < 4.78 is 34.3. The fraction of sp³-hybridized carbons (Fsp3) is 0.208. The number of carbonyl (C=O) groups is 1. The van der Waals surface area contributed by atoms with Crippen LogP contribution in [-0.4, -0.2) is 27.0 Å². The summed E-state index contributed by atoms with van der Waals surface area (Å²) in [6.45, 7) is 4.08. The van der Waals surface area contributed by atoms with Crippen molar-refractivity contribution >= 4 is 44.8 Å². The summed E-state index contributed by atoms with van der Waals surface area (Å²) in [4.78, 5) is 13.2. The predicted octanol–water partition coefficient (Wildman–Crippen LogP) is 5.23. The molecule has 0 fully saturated rings. The Morgan fingerprint density at radius 2 is 1.76 bits per heavy atom. The number of hydrogen-bond acceptors (Lipinski definition) is 4. The SMILES string of the molecule is CCOc1ccc(S(=O)(=O)NC(Cc2ccccc2)C(=O)Nc2cccc(Cl)c2Cl)cc1C. The molecule has 174 valence electrons. The number of nitrogens with one attached hydrogen (secondary N) is 2. The lowest BCUT2D eigenvalue weighted by molar-refractivity contribution is -0.117. The Balaban J connectivity index is 1.89. The van der Waals surface area contributed by atoms with Crippen LogP contribution in [0.4, 0.5) is 5.69 Å². The first-order valence-corrected chi connectivity index (χ1v) is 12.5. The van der Waals surface area contributed by atoms with E-state index < -0.39 is 22.0 Å². The molecule has 1 atom stereocenters. The van der Waals surface area contributed by atoms with Gasteiger partial charge in [-0.2, -0.15) is 4.72 Å². The first-order chi connectivity index (χ1) is 15.7. The molecule has 9 heteroatoms. The summed E-state index contributed by atoms with van der Waals surface area (Å²) in [5.74, 6) is 0.0416. The maximum Gasteiger partial charge on any atom is 0.242 e. The zero-order valence-corrected chi connectivity index (χ0v) is 20.5. The smallest absolute Gasteiger partial charge is 0.242 e. The highest BCUT2D eigenvalue weighted by atomic mass is 35.5. The molecular weight excluding hydrogens is 483 g/mol. The van der Waals surface area contributed by atoms with E-state index in [2.05, 4.69) is 10.0 Å². The van der Waals surface area contributed by atoms with Gasteiger partial charge in [-0.3, -0.25) is 4.79 Å². The summed E-state index contributed by atoms with van der Waals surface area (Å²) in [6, 6.07) is 17.4. The number of carbonyl (C=O) groups excluding carboxylic acids is 1. The van der Waals surface area contributed by atoms with Crippen LogP contribution in [0.3, 0.4) is 0 Å². The maximum atomic E-state index is 13.2. The molecule has 0 saturated heterocycles. The van der Waals surface area contributed by atoms with E-state index in [4.69, 9.17) is 27.9 Å². The fourth-order valence-electron chi connectivity index (χ4n) is 3.22. The second-order valence-corrected chi connectivity index (χ2v) is 9.81. The third kappa shape index (κ3) is 6.48. The number of rotatable bonds is 9. The standard InChI is InChI=1S/C24H24Cl2N2O4S/c1-3-32-22-13-12-18(14-16(22)2)33(30,31)28-21(15-17-8-5-4-6-9-17)24(29)27-20-11-7-10-19(25)23(20)26/h4-14,21,28H,3,15H2,1-2H3,(H,27,29). The van der Waals surface area contributed by atoms with Crippen molar-refractivity contribution in [3.8, 4) is 5.75 Å². The van der Waals surface area contributed by atoms with E-state index in [1.165, 1.54) is 12.1 Å². The van der Waals surface area contributed by atoms with Gasteiger partial charge in [0, 0.05) is 0 Å². The monoisotopic (exact) mass is 506 g/mol. The van der Waals surface area contributed by atoms with Gasteiger partial charge in [-0.05, 0) is 61.7 Å². The first kappa shape index (κ1) is 25.1. The topological polar surface area (TPSA) is 84.5 Å². The normalized spacial score (nSPS) is 12.2. The minimum Gasteiger partial charge on any atom is -0.494 e. The number of sulfonamides is 1. The largest absolute Gasteiger partial charge is 0.494 e. The van der Waals surface area contributed by atoms with Gasteiger partial charge in [0.15, 0.2) is 0 Å². The molecule has 0 aliphatic heterocycles. The van der Waals surface area contributed by atoms with Gasteiger partial charge in [0.05, 0.1) is 27.2 Å². The number of benzene rings is 3. The van der Waals surface area contributed by atoms with Crippen molar-refractivity contribution in [2.45, 2.75) is 31.2 Å². The van der Waals surface area contributed by atoms with Gasteiger partial charge in [-0.25, -0.2) is 8.42 Å². The number of halogens is 2. The molecule has 0 saturated carbocycles. The van der Waals surface area contributed by atoms with Gasteiger partial charge in [-0.1, -0.05) is 59.6 Å². The summed E-state index contributed by atoms with van der Waals surface area (Å²) in [5.41, 5.74) is 1.76. The van der Waals surface area contributed by atoms with E-state index in [1.54, 1.807) is 31.2 Å². The molecule has 0 radical (unpaired) electrons. The Kier molecular flexibility index (Phi) is 8.37. The first-order valence-electron chi connectivity index (χ1n) is 10.3. The van der Waals surface area contributed by atoms with Crippen LogP contribution in [0.25, 0.3) is 0 Å². The summed E-state index contributed by atoms with van der Waals surface area (Å²) in [7, 11) is -4.01. The van der Waals surface area contributed by atoms with Crippen LogP contribution < -0.4 is 14.8 Å². The van der Waals surface area contributed by atoms with Crippen molar-refractivity contribution in [2.75, 3.05) is 11.9 Å². The number of amides is 1. The average molecular weight is 507 g/mol. The second-order valence-electron chi connectivity index (χ2n) is 7.31. The van der Waals surface area contributed by atoms with Crippen molar-refractivity contribution in [1.29, 1.82) is 0 Å². The average Bonchev–Trinajstić information content (AvgIpc) is 2.78. The van der Waals surface area contributed by atoms with Gasteiger partial charge >= 0.3 is 0 Å². The van der Waals surface area contributed by atoms with Crippen LogP contribution >= 0.6 is 23.2 Å². The molecule has 3 aromatic rings. The maximum absolute atomic E-state index is 13.2. The van der Waals surface area contributed by atoms with Crippen LogP contribution in [0.15, 0.2) is 71.6 Å². The molecule has 6 nitrogen and oxygen atoms in total. The van der Waals surface area contributed by atoms with Crippen molar-refractivity contribution in [3.05, 3.63) is 87.9 Å². The van der Waals surface area contributed by atoms with Gasteiger partial charge in [0.25, 0.3) is 0 Å². The van der Waals surface area contributed by atoms with Crippen molar-refractivity contribution in [2.24, 2.45) is 0 Å². The highest BCUT2D eigenvalue weighted by molar-refractivity contribution is 7.89. The Labute approximate surface area is 203 Å². The molecule has 0 aliphatic rings. The van der Waals surface area contributed by atoms with Crippen LogP contribution in [0.5, 0.6) is 5.75 Å². The second kappa shape index (κ2) is 11.0. The third-order valence-corrected chi connectivity index (χ3v) is 7.15. The van der Waals surface area contributed by atoms with Crippen LogP contribution in [0, 0.1) is 6.92 Å². The molecule has 3 aromatic carbocycles. The minimum atomic E-state index is -4.01. The number of hydrogen-bond donors (Lipinski definition) is 2. The summed E-state index contributed by atoms with van der Waals surface area (Å²) >= 11 is 12.2. The Morgan fingerprint density at radius 3 is 2.42 bits per heavy atom. The van der Waals surface area contributed by atoms with E-state index in [9.17, 15) is 13.2 Å². The lowest BCUT2D eigenvalue weighted by Gasteiger charge is -2.20. The fourth-order valence-corrected chi connectivity index (χ4v) is 4.85. The molecule has 0 bridgehead atoms. The molecule has 0 spiro atoms. The number of aryl methyl sites for hydroxylation is 1. The zero-order chi connectivity index (χ0) is 24.0. The lowest BCUT2D eigenvalue weighted by Crippen LogP contribution is -2.45. The summed E-state index contributed by atoms with van der Waals surface area (Å²) in [5, 5.41) is 3.13. The molecule has 2 N–H and O–H groups in total. The van der Waals surface area contributed by atoms with E-state index in [0.717, 1.165) is 5.56 Å². The highest BCUT2D eigenvalue weighted by Gasteiger charge is 2.27. The van der Waals surface area contributed by atoms with Gasteiger partial charge < -0.3 is 10.1 Å². The third-order valence-electron chi connectivity index (χ3n) is 4.86. The van der Waals surface area contributed by atoms with E-state index >= 15 is 0 Å². The zero-order valence-electron chi connectivity index (χ0n) is 18.1. The lowest BCUT2D eigenvalue weighted by atomic mass is 10.1. The Hall–Kier alpha value is -2.58. The molecule has 33 heavy (non-hydrogen) atoms. The molecule has 3 rings (SSSR count). The molecule has 1 amide bonds. The van der Waals surface area contributed by atoms with Crippen LogP contribution in [0.2, 0.25) is 10.0 Å². The van der Waals surface area contributed by atoms with Gasteiger partial charge in [-0.15, -0.1) is 0 Å². The van der Waals surface area contributed by atoms with Crippen molar-refractivity contribution in [1.82, 2.24) is 4.72 Å². The Morgan fingerprint density at radius 1 is 1.03 bits per heavy atom. The van der Waals surface area contributed by atoms with Crippen molar-refractivity contribution < 1.29 is 17.9 Å². The molecule has 0 heterocycles. The molecule has 0 aromatic heterocycles. The van der Waals surface area contributed by atoms with Gasteiger partial charge in [0.2, 0.25) is 15.9 Å². The van der Waals surface area contributed by atoms with Crippen molar-refractivity contribution in [3.63, 3.8) is 0 Å². The highest BCUT2D eigenvalue weighted by Crippen LogP contribution is 2.30. The van der Waals surface area contributed by atoms with Gasteiger partial charge in [0.1, 0.15) is 11.8 Å². The van der Waals surface area contributed by atoms with E-state index in [0.29, 0.717) is 23.6 Å². The predicted molar refractivity (Wildman–Crippen MR) is 132 cm³/mol. The van der Waals surface area contributed by atoms with Crippen LogP contribution in [0.1, 0.15) is 18.1 Å². The molecule has 0 aliphatic carbocycles. The molecular formula is C24H24Cl2N2O4S.